The monoisotopic (exact) mass is 510 g/mol. The molecule has 1 N–H and O–H groups in total. The number of rotatable bonds is 5. The van der Waals surface area contributed by atoms with Crippen LogP contribution in [0.5, 0.6) is 5.75 Å². The molecule has 0 aliphatic heterocycles. The van der Waals surface area contributed by atoms with Crippen molar-refractivity contribution in [2.75, 3.05) is 6.61 Å². The van der Waals surface area contributed by atoms with E-state index in [1.165, 1.54) is 0 Å². The fraction of sp³-hybridized carbons (Fsp3) is 0.0625. The Labute approximate surface area is 176 Å². The second-order valence-corrected chi connectivity index (χ2v) is 6.09. The number of halogens is 3. The number of carbonyl (C=O) groups is 2. The molecule has 2 rings (SSSR count). The summed E-state index contributed by atoms with van der Waals surface area (Å²) in [5, 5.41) is 3.82. The number of benzene rings is 2. The first-order valence-corrected chi connectivity index (χ1v) is 8.33. The molecule has 0 aromatic heterocycles. The zero-order valence-electron chi connectivity index (χ0n) is 12.6. The molecule has 25 heavy (non-hydrogen) atoms. The molecule has 0 spiro atoms. The molecule has 0 aliphatic carbocycles. The van der Waals surface area contributed by atoms with Crippen molar-refractivity contribution >= 4 is 81.3 Å². The first-order chi connectivity index (χ1) is 11.6. The maximum atomic E-state index is 11.9. The third-order valence-corrected chi connectivity index (χ3v) is 3.66. The SMILES string of the molecule is I.O=CSC(=Nc1ccc(Cl)cc1)NC(=O)COc1ccc(Cl)cc1. The van der Waals surface area contributed by atoms with Crippen LogP contribution >= 0.6 is 58.9 Å². The van der Waals surface area contributed by atoms with E-state index in [9.17, 15) is 9.59 Å². The van der Waals surface area contributed by atoms with Crippen LogP contribution in [-0.4, -0.2) is 23.3 Å². The van der Waals surface area contributed by atoms with Crippen molar-refractivity contribution in [1.82, 2.24) is 5.32 Å². The van der Waals surface area contributed by atoms with Gasteiger partial charge >= 0.3 is 0 Å². The molecule has 5 nitrogen and oxygen atoms in total. The molecule has 0 fully saturated rings. The lowest BCUT2D eigenvalue weighted by molar-refractivity contribution is -0.121. The molecular formula is C16H13Cl2IN2O3S. The second-order valence-electron chi connectivity index (χ2n) is 4.40. The van der Waals surface area contributed by atoms with E-state index in [2.05, 4.69) is 10.3 Å². The summed E-state index contributed by atoms with van der Waals surface area (Å²) >= 11 is 12.3. The topological polar surface area (TPSA) is 67.8 Å². The standard InChI is InChI=1S/C16H12Cl2N2O3S.HI/c17-11-1-5-13(6-2-11)19-16(24-10-21)20-15(22)9-23-14-7-3-12(18)4-8-14;/h1-8,10H,9H2,(H,19,20,22);1H. The van der Waals surface area contributed by atoms with E-state index < -0.39 is 5.91 Å². The first-order valence-electron chi connectivity index (χ1n) is 6.69. The average molecular weight is 511 g/mol. The Morgan fingerprint density at radius 2 is 1.64 bits per heavy atom. The Hall–Kier alpha value is -1.29. The predicted octanol–water partition coefficient (Wildman–Crippen LogP) is 4.72. The molecule has 0 unspecified atom stereocenters. The summed E-state index contributed by atoms with van der Waals surface area (Å²) in [6.45, 7) is -0.222. The molecule has 0 aliphatic rings. The number of nitrogens with zero attached hydrogens (tertiary/aromatic N) is 1. The van der Waals surface area contributed by atoms with Crippen molar-refractivity contribution < 1.29 is 14.3 Å². The van der Waals surface area contributed by atoms with Crippen LogP contribution < -0.4 is 10.1 Å². The highest BCUT2D eigenvalue weighted by Gasteiger charge is 2.08. The van der Waals surface area contributed by atoms with Gasteiger partial charge in [0.2, 0.25) is 0 Å². The molecule has 9 heteroatoms. The van der Waals surface area contributed by atoms with Crippen molar-refractivity contribution in [3.63, 3.8) is 0 Å². The lowest BCUT2D eigenvalue weighted by atomic mass is 10.3. The minimum atomic E-state index is -0.438. The summed E-state index contributed by atoms with van der Waals surface area (Å²) in [5.74, 6) is 0.0702. The van der Waals surface area contributed by atoms with Crippen molar-refractivity contribution in [2.24, 2.45) is 4.99 Å². The van der Waals surface area contributed by atoms with Crippen LogP contribution in [0, 0.1) is 0 Å². The number of carbonyl (C=O) groups excluding carboxylic acids is 2. The lowest BCUT2D eigenvalue weighted by Gasteiger charge is -2.08. The van der Waals surface area contributed by atoms with Crippen molar-refractivity contribution in [2.45, 2.75) is 0 Å². The van der Waals surface area contributed by atoms with Crippen LogP contribution in [0.1, 0.15) is 0 Å². The summed E-state index contributed by atoms with van der Waals surface area (Å²) in [4.78, 5) is 26.8. The maximum absolute atomic E-state index is 11.9. The van der Waals surface area contributed by atoms with E-state index in [4.69, 9.17) is 27.9 Å². The van der Waals surface area contributed by atoms with Crippen LogP contribution in [0.3, 0.4) is 0 Å². The number of thioether (sulfide) groups is 1. The third kappa shape index (κ3) is 8.08. The fourth-order valence-corrected chi connectivity index (χ4v) is 2.27. The first kappa shape index (κ1) is 21.8. The van der Waals surface area contributed by atoms with Gasteiger partial charge in [0.05, 0.1) is 5.69 Å². The molecule has 132 valence electrons. The molecule has 1 amide bonds. The average Bonchev–Trinajstić information content (AvgIpc) is 2.57. The van der Waals surface area contributed by atoms with E-state index >= 15 is 0 Å². The molecule has 0 saturated carbocycles. The summed E-state index contributed by atoms with van der Waals surface area (Å²) in [6.07, 6.45) is 0. The number of hydrogen-bond donors (Lipinski definition) is 1. The van der Waals surface area contributed by atoms with Crippen LogP contribution in [0.15, 0.2) is 53.5 Å². The number of hydrogen-bond acceptors (Lipinski definition) is 5. The minimum Gasteiger partial charge on any atom is -0.484 e. The number of nitrogens with one attached hydrogen (secondary N) is 1. The molecule has 2 aromatic rings. The zero-order chi connectivity index (χ0) is 17.4. The Morgan fingerprint density at radius 3 is 2.20 bits per heavy atom. The lowest BCUT2D eigenvalue weighted by Crippen LogP contribution is -2.32. The van der Waals surface area contributed by atoms with Gasteiger partial charge in [-0.3, -0.25) is 9.59 Å². The molecule has 0 heterocycles. The highest BCUT2D eigenvalue weighted by molar-refractivity contribution is 14.0. The van der Waals surface area contributed by atoms with Gasteiger partial charge in [0.25, 0.3) is 5.91 Å². The Morgan fingerprint density at radius 1 is 1.08 bits per heavy atom. The van der Waals surface area contributed by atoms with Crippen LogP contribution in [0.4, 0.5) is 5.69 Å². The quantitative estimate of drug-likeness (QED) is 0.273. The van der Waals surface area contributed by atoms with Crippen LogP contribution in [-0.2, 0) is 9.59 Å². The van der Waals surface area contributed by atoms with Gasteiger partial charge in [-0.1, -0.05) is 23.2 Å². The normalized spacial score (nSPS) is 10.6. The van der Waals surface area contributed by atoms with Gasteiger partial charge in [0.1, 0.15) is 5.75 Å². The number of ether oxygens (including phenoxy) is 1. The Kier molecular flexibility index (Phi) is 9.88. The summed E-state index contributed by atoms with van der Waals surface area (Å²) < 4.78 is 5.33. The maximum Gasteiger partial charge on any atom is 0.263 e. The largest absolute Gasteiger partial charge is 0.484 e. The van der Waals surface area contributed by atoms with Crippen LogP contribution in [0.2, 0.25) is 10.0 Å². The molecular weight excluding hydrogens is 498 g/mol. The van der Waals surface area contributed by atoms with Crippen LogP contribution in [0.25, 0.3) is 0 Å². The molecule has 0 radical (unpaired) electrons. The van der Waals surface area contributed by atoms with E-state index in [0.717, 1.165) is 11.8 Å². The zero-order valence-corrected chi connectivity index (χ0v) is 17.3. The van der Waals surface area contributed by atoms with E-state index in [0.29, 0.717) is 27.1 Å². The Bertz CT molecular complexity index is 740. The predicted molar refractivity (Wildman–Crippen MR) is 113 cm³/mol. The molecule has 0 atom stereocenters. The highest BCUT2D eigenvalue weighted by Crippen LogP contribution is 2.18. The van der Waals surface area contributed by atoms with Crippen molar-refractivity contribution in [3.05, 3.63) is 58.6 Å². The van der Waals surface area contributed by atoms with E-state index in [-0.39, 0.29) is 35.8 Å². The number of amidine groups is 1. The van der Waals surface area contributed by atoms with Crippen molar-refractivity contribution in [1.29, 1.82) is 0 Å². The van der Waals surface area contributed by atoms with Gasteiger partial charge in [-0.2, -0.15) is 0 Å². The van der Waals surface area contributed by atoms with Crippen molar-refractivity contribution in [3.8, 4) is 5.75 Å². The highest BCUT2D eigenvalue weighted by atomic mass is 127. The molecule has 0 saturated heterocycles. The molecule has 0 bridgehead atoms. The summed E-state index contributed by atoms with van der Waals surface area (Å²) in [5.41, 5.74) is 1.14. The number of aliphatic imine (C=N–C) groups is 1. The second kappa shape index (κ2) is 11.3. The van der Waals surface area contributed by atoms with E-state index in [1.54, 1.807) is 48.5 Å². The smallest absolute Gasteiger partial charge is 0.263 e. The number of amides is 1. The minimum absolute atomic E-state index is 0. The van der Waals surface area contributed by atoms with Gasteiger partial charge in [0, 0.05) is 10.0 Å². The van der Waals surface area contributed by atoms with Gasteiger partial charge < -0.3 is 10.1 Å². The van der Waals surface area contributed by atoms with Gasteiger partial charge in [-0.25, -0.2) is 4.99 Å². The summed E-state index contributed by atoms with van der Waals surface area (Å²) in [7, 11) is 0. The van der Waals surface area contributed by atoms with Gasteiger partial charge in [-0.05, 0) is 60.3 Å². The molecule has 2 aromatic carbocycles. The Balaban J connectivity index is 0.00000312. The third-order valence-electron chi connectivity index (χ3n) is 2.65. The fourth-order valence-electron chi connectivity index (χ4n) is 1.60. The van der Waals surface area contributed by atoms with E-state index in [1.807, 2.05) is 0 Å². The summed E-state index contributed by atoms with van der Waals surface area (Å²) in [6, 6.07) is 13.3. The van der Waals surface area contributed by atoms with Gasteiger partial charge in [0.15, 0.2) is 17.4 Å². The van der Waals surface area contributed by atoms with Gasteiger partial charge in [-0.15, -0.1) is 24.0 Å².